The van der Waals surface area contributed by atoms with Crippen LogP contribution in [0.1, 0.15) is 52.9 Å². The van der Waals surface area contributed by atoms with Crippen LogP contribution < -0.4 is 0 Å². The molecule has 0 spiro atoms. The molecule has 4 unspecified atom stereocenters. The Kier molecular flexibility index (Phi) is 2.19. The highest BCUT2D eigenvalue weighted by molar-refractivity contribution is 6.03. The highest BCUT2D eigenvalue weighted by atomic mass is 16.1. The standard InChI is InChI=1S/C16H24O/c1-10-5-6-13-14(17)16(13,4)8-7-12-11(10)9-15(12,2)3/h11-13H,1,5-9H2,2-4H3. The number of ketones is 1. The number of carbonyl (C=O) groups excluding carboxylic acids is 1. The van der Waals surface area contributed by atoms with E-state index in [4.69, 9.17) is 0 Å². The van der Waals surface area contributed by atoms with E-state index in [1.807, 2.05) is 0 Å². The first-order chi connectivity index (χ1) is 7.86. The van der Waals surface area contributed by atoms with Gasteiger partial charge in [0, 0.05) is 11.3 Å². The Labute approximate surface area is 105 Å². The molecule has 0 heterocycles. The van der Waals surface area contributed by atoms with Crippen LogP contribution in [-0.4, -0.2) is 5.78 Å². The van der Waals surface area contributed by atoms with Crippen molar-refractivity contribution >= 4 is 5.78 Å². The molecule has 0 amide bonds. The van der Waals surface area contributed by atoms with Gasteiger partial charge >= 0.3 is 0 Å². The minimum atomic E-state index is 0.0425. The molecule has 0 saturated heterocycles. The van der Waals surface area contributed by atoms with E-state index >= 15 is 0 Å². The predicted octanol–water partition coefficient (Wildman–Crippen LogP) is 3.98. The molecule has 0 radical (unpaired) electrons. The Bertz CT molecular complexity index is 392. The quantitative estimate of drug-likeness (QED) is 0.577. The summed E-state index contributed by atoms with van der Waals surface area (Å²) in [6.45, 7) is 11.3. The second-order valence-corrected chi connectivity index (χ2v) is 7.48. The van der Waals surface area contributed by atoms with Gasteiger partial charge in [-0.25, -0.2) is 0 Å². The zero-order valence-corrected chi connectivity index (χ0v) is 11.4. The number of hydrogen-bond donors (Lipinski definition) is 0. The summed E-state index contributed by atoms with van der Waals surface area (Å²) in [6.07, 6.45) is 5.82. The van der Waals surface area contributed by atoms with Crippen molar-refractivity contribution in [1.82, 2.24) is 0 Å². The lowest BCUT2D eigenvalue weighted by Gasteiger charge is -2.53. The van der Waals surface area contributed by atoms with E-state index in [9.17, 15) is 4.79 Å². The van der Waals surface area contributed by atoms with Crippen LogP contribution in [0.25, 0.3) is 0 Å². The maximum atomic E-state index is 11.9. The van der Waals surface area contributed by atoms with Gasteiger partial charge in [0.2, 0.25) is 0 Å². The summed E-state index contributed by atoms with van der Waals surface area (Å²) in [5.74, 6) is 2.42. The number of rotatable bonds is 0. The van der Waals surface area contributed by atoms with E-state index in [-0.39, 0.29) is 5.41 Å². The van der Waals surface area contributed by atoms with Crippen molar-refractivity contribution in [2.45, 2.75) is 52.9 Å². The maximum Gasteiger partial charge on any atom is 0.143 e. The normalized spacial score (nSPS) is 48.1. The molecule has 0 aliphatic heterocycles. The molecule has 4 atom stereocenters. The van der Waals surface area contributed by atoms with Crippen molar-refractivity contribution in [3.8, 4) is 0 Å². The van der Waals surface area contributed by atoms with Crippen molar-refractivity contribution in [3.05, 3.63) is 12.2 Å². The van der Waals surface area contributed by atoms with Crippen LogP contribution in [0.5, 0.6) is 0 Å². The summed E-state index contributed by atoms with van der Waals surface area (Å²) in [5.41, 5.74) is 1.95. The van der Waals surface area contributed by atoms with Crippen LogP contribution in [0, 0.1) is 28.6 Å². The molecule has 3 aliphatic rings. The lowest BCUT2D eigenvalue weighted by molar-refractivity contribution is -0.113. The van der Waals surface area contributed by atoms with Crippen LogP contribution in [0.2, 0.25) is 0 Å². The summed E-state index contributed by atoms with van der Waals surface area (Å²) >= 11 is 0. The lowest BCUT2D eigenvalue weighted by atomic mass is 9.52. The monoisotopic (exact) mass is 232 g/mol. The molecule has 3 saturated carbocycles. The minimum Gasteiger partial charge on any atom is -0.299 e. The smallest absolute Gasteiger partial charge is 0.143 e. The largest absolute Gasteiger partial charge is 0.299 e. The third-order valence-electron chi connectivity index (χ3n) is 6.05. The van der Waals surface area contributed by atoms with Crippen LogP contribution in [0.15, 0.2) is 12.2 Å². The molecule has 1 heteroatoms. The highest BCUT2D eigenvalue weighted by Crippen LogP contribution is 2.62. The lowest BCUT2D eigenvalue weighted by Crippen LogP contribution is -2.44. The molecule has 0 bridgehead atoms. The molecule has 3 aliphatic carbocycles. The van der Waals surface area contributed by atoms with Crippen molar-refractivity contribution < 1.29 is 4.79 Å². The number of hydrogen-bond acceptors (Lipinski definition) is 1. The first kappa shape index (κ1) is 11.5. The van der Waals surface area contributed by atoms with Gasteiger partial charge in [-0.15, -0.1) is 0 Å². The molecule has 1 nitrogen and oxygen atoms in total. The molecule has 94 valence electrons. The van der Waals surface area contributed by atoms with Gasteiger partial charge in [0.05, 0.1) is 0 Å². The van der Waals surface area contributed by atoms with E-state index in [1.54, 1.807) is 0 Å². The fourth-order valence-corrected chi connectivity index (χ4v) is 4.51. The Morgan fingerprint density at radius 3 is 2.59 bits per heavy atom. The van der Waals surface area contributed by atoms with E-state index in [0.29, 0.717) is 17.1 Å². The number of carbonyl (C=O) groups is 1. The molecule has 0 aromatic carbocycles. The zero-order valence-electron chi connectivity index (χ0n) is 11.4. The van der Waals surface area contributed by atoms with Crippen LogP contribution in [-0.2, 0) is 4.79 Å². The Morgan fingerprint density at radius 1 is 1.24 bits per heavy atom. The summed E-state index contributed by atoms with van der Waals surface area (Å²) in [7, 11) is 0. The van der Waals surface area contributed by atoms with Gasteiger partial charge in [-0.2, -0.15) is 0 Å². The van der Waals surface area contributed by atoms with Gasteiger partial charge in [0.15, 0.2) is 0 Å². The third kappa shape index (κ3) is 1.47. The average molecular weight is 232 g/mol. The molecule has 3 fully saturated rings. The first-order valence-corrected chi connectivity index (χ1v) is 7.08. The highest BCUT2D eigenvalue weighted by Gasteiger charge is 2.61. The Balaban J connectivity index is 1.81. The van der Waals surface area contributed by atoms with Gasteiger partial charge in [-0.1, -0.05) is 32.9 Å². The van der Waals surface area contributed by atoms with Crippen molar-refractivity contribution in [2.24, 2.45) is 28.6 Å². The van der Waals surface area contributed by atoms with Crippen LogP contribution in [0.3, 0.4) is 0 Å². The average Bonchev–Trinajstić information content (AvgIpc) is 2.72. The number of allylic oxidation sites excluding steroid dienone is 1. The molecule has 0 aromatic rings. The van der Waals surface area contributed by atoms with Gasteiger partial charge in [0.25, 0.3) is 0 Å². The van der Waals surface area contributed by atoms with E-state index in [0.717, 1.165) is 31.1 Å². The summed E-state index contributed by atoms with van der Waals surface area (Å²) < 4.78 is 0. The number of Topliss-reactive ketones (excluding diaryl/α,β-unsaturated/α-hetero) is 1. The van der Waals surface area contributed by atoms with E-state index < -0.39 is 0 Å². The molecule has 0 N–H and O–H groups in total. The van der Waals surface area contributed by atoms with Gasteiger partial charge < -0.3 is 0 Å². The van der Waals surface area contributed by atoms with Crippen molar-refractivity contribution in [2.75, 3.05) is 0 Å². The molecule has 0 aromatic heterocycles. The molecule has 3 rings (SSSR count). The summed E-state index contributed by atoms with van der Waals surface area (Å²) in [6, 6.07) is 0. The predicted molar refractivity (Wildman–Crippen MR) is 69.6 cm³/mol. The Morgan fingerprint density at radius 2 is 1.94 bits per heavy atom. The van der Waals surface area contributed by atoms with E-state index in [1.165, 1.54) is 18.4 Å². The summed E-state index contributed by atoms with van der Waals surface area (Å²) in [5, 5.41) is 0. The first-order valence-electron chi connectivity index (χ1n) is 7.08. The Hall–Kier alpha value is -0.590. The fourth-order valence-electron chi connectivity index (χ4n) is 4.51. The number of fused-ring (bicyclic) bond motifs is 2. The maximum absolute atomic E-state index is 11.9. The fraction of sp³-hybridized carbons (Fsp3) is 0.812. The topological polar surface area (TPSA) is 17.1 Å². The second kappa shape index (κ2) is 3.24. The van der Waals surface area contributed by atoms with Gasteiger partial charge in [-0.3, -0.25) is 4.79 Å². The molecular formula is C16H24O. The molecular weight excluding hydrogens is 208 g/mol. The van der Waals surface area contributed by atoms with E-state index in [2.05, 4.69) is 27.4 Å². The third-order valence-corrected chi connectivity index (χ3v) is 6.05. The van der Waals surface area contributed by atoms with Crippen LogP contribution >= 0.6 is 0 Å². The summed E-state index contributed by atoms with van der Waals surface area (Å²) in [4.78, 5) is 11.9. The van der Waals surface area contributed by atoms with Crippen molar-refractivity contribution in [3.63, 3.8) is 0 Å². The zero-order chi connectivity index (χ0) is 12.4. The van der Waals surface area contributed by atoms with Crippen molar-refractivity contribution in [1.29, 1.82) is 0 Å². The minimum absolute atomic E-state index is 0.0425. The van der Waals surface area contributed by atoms with Crippen LogP contribution in [0.4, 0.5) is 0 Å². The second-order valence-electron chi connectivity index (χ2n) is 7.48. The van der Waals surface area contributed by atoms with Gasteiger partial charge in [0.1, 0.15) is 5.78 Å². The van der Waals surface area contributed by atoms with Gasteiger partial charge in [-0.05, 0) is 49.4 Å². The molecule has 17 heavy (non-hydrogen) atoms. The SMILES string of the molecule is C=C1CCC2C(=O)C2(C)CCC2C1CC2(C)C.